The Morgan fingerprint density at radius 3 is 0.959 bits per heavy atom. The van der Waals surface area contributed by atoms with Gasteiger partial charge in [-0.05, 0) is 135 Å². The molecule has 0 saturated carbocycles. The van der Waals surface area contributed by atoms with Crippen LogP contribution in [0, 0.1) is 0 Å². The zero-order chi connectivity index (χ0) is 71.8. The Balaban J connectivity index is 5.42. The molecule has 0 rings (SSSR count). The van der Waals surface area contributed by atoms with E-state index in [0.717, 1.165) is 180 Å². The Hall–Kier alpha value is -5.06. The number of carbonyl (C=O) groups excluding carboxylic acids is 4. The van der Waals surface area contributed by atoms with Crippen molar-refractivity contribution in [1.82, 2.24) is 0 Å². The second kappa shape index (κ2) is 70.4. The lowest BCUT2D eigenvalue weighted by molar-refractivity contribution is -0.161. The molecular weight excluding hydrogens is 1280 g/mol. The van der Waals surface area contributed by atoms with Crippen molar-refractivity contribution >= 4 is 39.5 Å². The van der Waals surface area contributed by atoms with Crippen molar-refractivity contribution in [2.24, 2.45) is 0 Å². The van der Waals surface area contributed by atoms with Gasteiger partial charge >= 0.3 is 39.5 Å². The first-order valence-electron chi connectivity index (χ1n) is 37.1. The van der Waals surface area contributed by atoms with E-state index in [0.29, 0.717) is 25.7 Å². The van der Waals surface area contributed by atoms with Gasteiger partial charge in [-0.2, -0.15) is 0 Å². The van der Waals surface area contributed by atoms with Crippen molar-refractivity contribution < 1.29 is 80.2 Å². The van der Waals surface area contributed by atoms with E-state index in [9.17, 15) is 43.2 Å². The summed E-state index contributed by atoms with van der Waals surface area (Å²) in [6.07, 6.45) is 78.8. The molecule has 3 N–H and O–H groups in total. The molecule has 0 amide bonds. The molecule has 0 aromatic carbocycles. The number of hydrogen-bond acceptors (Lipinski definition) is 15. The fraction of sp³-hybridized carbons (Fsp3) is 0.646. The van der Waals surface area contributed by atoms with E-state index in [1.54, 1.807) is 12.2 Å². The highest BCUT2D eigenvalue weighted by molar-refractivity contribution is 7.47. The molecule has 5 unspecified atom stereocenters. The Labute approximate surface area is 592 Å². The van der Waals surface area contributed by atoms with Gasteiger partial charge in [-0.3, -0.25) is 37.3 Å². The Morgan fingerprint density at radius 1 is 0.306 bits per heavy atom. The molecule has 0 radical (unpaired) electrons. The van der Waals surface area contributed by atoms with Gasteiger partial charge in [-0.25, -0.2) is 9.13 Å². The van der Waals surface area contributed by atoms with Gasteiger partial charge in [0.25, 0.3) is 0 Å². The van der Waals surface area contributed by atoms with Crippen LogP contribution in [0.15, 0.2) is 146 Å². The lowest BCUT2D eigenvalue weighted by atomic mass is 10.1. The minimum Gasteiger partial charge on any atom is -0.462 e. The SMILES string of the molecule is CC/C=C\C/C=C\C/C=C\C/C=C\C/C=C\CC(=O)OC(COC(=O)CCCCCCCC/C=C\C/C=C\C/C=C\C/C=C\CC)COP(=O)(O)OCC(O)COP(=O)(O)OCC(COC(=O)CCCCCCC/C=C\C/C=C\CCC)OC(=O)CCCCCCC/C=C\CCCC. The van der Waals surface area contributed by atoms with Crippen molar-refractivity contribution in [3.05, 3.63) is 146 Å². The van der Waals surface area contributed by atoms with Crippen LogP contribution in [0.3, 0.4) is 0 Å². The monoisotopic (exact) mass is 1410 g/mol. The average molecular weight is 1410 g/mol. The van der Waals surface area contributed by atoms with Gasteiger partial charge in [0.05, 0.1) is 32.8 Å². The number of allylic oxidation sites excluding steroid dienone is 23. The summed E-state index contributed by atoms with van der Waals surface area (Å²) in [4.78, 5) is 72.7. The number of unbranched alkanes of at least 4 members (excludes halogenated alkanes) is 19. The third-order valence-corrected chi connectivity index (χ3v) is 16.7. The number of hydrogen-bond donors (Lipinski definition) is 3. The number of carbonyl (C=O) groups is 4. The predicted octanol–water partition coefficient (Wildman–Crippen LogP) is 21.1. The molecule has 19 heteroatoms. The smallest absolute Gasteiger partial charge is 0.462 e. The zero-order valence-electron chi connectivity index (χ0n) is 60.7. The molecule has 0 fully saturated rings. The summed E-state index contributed by atoms with van der Waals surface area (Å²) >= 11 is 0. The van der Waals surface area contributed by atoms with E-state index in [1.807, 2.05) is 12.2 Å². The van der Waals surface area contributed by atoms with Crippen LogP contribution in [-0.4, -0.2) is 96.7 Å². The molecule has 98 heavy (non-hydrogen) atoms. The largest absolute Gasteiger partial charge is 0.472 e. The molecule has 0 aromatic heterocycles. The molecule has 17 nitrogen and oxygen atoms in total. The fourth-order valence-corrected chi connectivity index (χ4v) is 10.8. The standard InChI is InChI=1S/C79H130O17P2/c1-5-9-13-17-21-25-29-32-34-35-36-37-39-41-45-48-52-56-60-64-77(82)90-70-75(96-79(84)66-62-58-54-50-46-42-38-33-30-26-22-18-14-10-6-2)72-94-98(87,88)92-68-73(80)67-91-97(85,86)93-71-74(95-78(83)65-61-57-53-49-43-28-24-20-16-12-8-4)69-89-76(81)63-59-55-51-47-44-40-31-27-23-19-15-11-7-3/h9-10,13-15,19-22,24-27,31-34,36-38,46,50,58,62,73-75,80H,5-8,11-12,16-18,23,28-30,35,39-45,47-49,51-57,59-61,63-72H2,1-4H3,(H,85,86)(H,87,88)/b13-9-,14-10-,19-15-,24-20-,25-21-,26-22-,31-27-,34-32-,37-36-,38-33-,50-46-,62-58-. The Morgan fingerprint density at radius 2 is 0.592 bits per heavy atom. The molecule has 0 aromatic rings. The fourth-order valence-electron chi connectivity index (χ4n) is 9.19. The number of aliphatic hydroxyl groups is 1. The van der Waals surface area contributed by atoms with Crippen LogP contribution in [0.25, 0.3) is 0 Å². The predicted molar refractivity (Wildman–Crippen MR) is 399 cm³/mol. The molecule has 0 bridgehead atoms. The summed E-state index contributed by atoms with van der Waals surface area (Å²) in [6, 6.07) is 0. The summed E-state index contributed by atoms with van der Waals surface area (Å²) in [5.41, 5.74) is 0. The van der Waals surface area contributed by atoms with Gasteiger partial charge in [0.15, 0.2) is 12.2 Å². The van der Waals surface area contributed by atoms with Crippen molar-refractivity contribution in [2.45, 2.75) is 290 Å². The van der Waals surface area contributed by atoms with E-state index >= 15 is 0 Å². The van der Waals surface area contributed by atoms with Gasteiger partial charge in [-0.15, -0.1) is 0 Å². The minimum absolute atomic E-state index is 0.0754. The average Bonchev–Trinajstić information content (AvgIpc) is 1.06. The highest BCUT2D eigenvalue weighted by Gasteiger charge is 2.30. The summed E-state index contributed by atoms with van der Waals surface area (Å²) in [5, 5.41) is 10.6. The van der Waals surface area contributed by atoms with Gasteiger partial charge < -0.3 is 33.8 Å². The molecule has 0 aliphatic rings. The van der Waals surface area contributed by atoms with Crippen molar-refractivity contribution in [1.29, 1.82) is 0 Å². The summed E-state index contributed by atoms with van der Waals surface area (Å²) in [6.45, 7) is 4.36. The highest BCUT2D eigenvalue weighted by Crippen LogP contribution is 2.45. The van der Waals surface area contributed by atoms with Crippen molar-refractivity contribution in [3.8, 4) is 0 Å². The number of aliphatic hydroxyl groups excluding tert-OH is 1. The molecule has 0 aliphatic heterocycles. The zero-order valence-corrected chi connectivity index (χ0v) is 62.4. The van der Waals surface area contributed by atoms with Gasteiger partial charge in [-0.1, -0.05) is 257 Å². The van der Waals surface area contributed by atoms with Crippen LogP contribution < -0.4 is 0 Å². The molecule has 0 aliphatic carbocycles. The van der Waals surface area contributed by atoms with Crippen molar-refractivity contribution in [2.75, 3.05) is 39.6 Å². The number of ether oxygens (including phenoxy) is 4. The third kappa shape index (κ3) is 69.4. The molecular formula is C79H130O17P2. The lowest BCUT2D eigenvalue weighted by Crippen LogP contribution is -2.30. The number of phosphoric acid groups is 2. The highest BCUT2D eigenvalue weighted by atomic mass is 31.2. The third-order valence-electron chi connectivity index (χ3n) is 14.8. The van der Waals surface area contributed by atoms with Crippen LogP contribution >= 0.6 is 15.6 Å². The van der Waals surface area contributed by atoms with Crippen LogP contribution in [0.1, 0.15) is 272 Å². The van der Waals surface area contributed by atoms with Crippen LogP contribution in [0.4, 0.5) is 0 Å². The van der Waals surface area contributed by atoms with Crippen molar-refractivity contribution in [3.63, 3.8) is 0 Å². The summed E-state index contributed by atoms with van der Waals surface area (Å²) in [7, 11) is -9.99. The first-order valence-corrected chi connectivity index (χ1v) is 40.1. The topological polar surface area (TPSA) is 237 Å². The number of rotatable bonds is 68. The quantitative estimate of drug-likeness (QED) is 0.0169. The van der Waals surface area contributed by atoms with E-state index in [2.05, 4.69) is 149 Å². The normalized spacial score (nSPS) is 14.8. The maximum absolute atomic E-state index is 13.1. The maximum Gasteiger partial charge on any atom is 0.472 e. The van der Waals surface area contributed by atoms with E-state index in [1.165, 1.54) is 12.8 Å². The second-order valence-electron chi connectivity index (χ2n) is 24.1. The molecule has 5 atom stereocenters. The lowest BCUT2D eigenvalue weighted by Gasteiger charge is -2.21. The van der Waals surface area contributed by atoms with Crippen LogP contribution in [0.2, 0.25) is 0 Å². The van der Waals surface area contributed by atoms with E-state index < -0.39 is 97.5 Å². The van der Waals surface area contributed by atoms with Gasteiger partial charge in [0.1, 0.15) is 19.3 Å². The van der Waals surface area contributed by atoms with E-state index in [-0.39, 0.29) is 25.7 Å². The molecule has 0 heterocycles. The first-order chi connectivity index (χ1) is 47.7. The maximum atomic E-state index is 13.1. The van der Waals surface area contributed by atoms with Crippen LogP contribution in [0.5, 0.6) is 0 Å². The number of esters is 4. The van der Waals surface area contributed by atoms with Gasteiger partial charge in [0, 0.05) is 19.3 Å². The summed E-state index contributed by atoms with van der Waals surface area (Å²) < 4.78 is 68.2. The number of phosphoric ester groups is 2. The molecule has 0 saturated heterocycles. The minimum atomic E-state index is -5.01. The molecule has 0 spiro atoms. The Bertz CT molecular complexity index is 2430. The van der Waals surface area contributed by atoms with E-state index in [4.69, 9.17) is 37.0 Å². The van der Waals surface area contributed by atoms with Gasteiger partial charge in [0.2, 0.25) is 0 Å². The second-order valence-corrected chi connectivity index (χ2v) is 27.0. The molecule has 558 valence electrons. The first kappa shape index (κ1) is 92.9. The summed E-state index contributed by atoms with van der Waals surface area (Å²) in [5.74, 6) is -2.37. The Kier molecular flexibility index (Phi) is 66.7. The van der Waals surface area contributed by atoms with Crippen LogP contribution in [-0.2, 0) is 65.4 Å².